The van der Waals surface area contributed by atoms with E-state index in [2.05, 4.69) is 20.5 Å². The van der Waals surface area contributed by atoms with Crippen molar-refractivity contribution >= 4 is 17.4 Å². The summed E-state index contributed by atoms with van der Waals surface area (Å²) in [5, 5.41) is 22.3. The number of benzene rings is 2. The van der Waals surface area contributed by atoms with Crippen molar-refractivity contribution in [3.05, 3.63) is 106 Å². The maximum atomic E-state index is 14.1. The van der Waals surface area contributed by atoms with Crippen molar-refractivity contribution < 1.29 is 40.8 Å². The van der Waals surface area contributed by atoms with Crippen LogP contribution in [0.5, 0.6) is 0 Å². The van der Waals surface area contributed by atoms with Gasteiger partial charge >= 0.3 is 12.4 Å². The van der Waals surface area contributed by atoms with Crippen LogP contribution in [0.1, 0.15) is 51.5 Å². The third-order valence-corrected chi connectivity index (χ3v) is 6.65. The zero-order chi connectivity index (χ0) is 31.1. The average Bonchev–Trinajstić information content (AvgIpc) is 3.57. The summed E-state index contributed by atoms with van der Waals surface area (Å²) in [5.41, 5.74) is -3.69. The normalized spacial score (nSPS) is 12.9. The molecule has 1 atom stereocenters. The van der Waals surface area contributed by atoms with Gasteiger partial charge in [-0.15, -0.1) is 5.10 Å². The Balaban J connectivity index is 1.68. The molecule has 0 aliphatic heterocycles. The van der Waals surface area contributed by atoms with Crippen LogP contribution in [0.4, 0.5) is 26.3 Å². The van der Waals surface area contributed by atoms with Crippen molar-refractivity contribution in [2.45, 2.75) is 31.9 Å². The van der Waals surface area contributed by atoms with Gasteiger partial charge in [-0.2, -0.15) is 26.3 Å². The summed E-state index contributed by atoms with van der Waals surface area (Å²) in [5.74, 6) is -0.942. The zero-order valence-corrected chi connectivity index (χ0v) is 22.5. The van der Waals surface area contributed by atoms with Gasteiger partial charge in [-0.25, -0.2) is 4.68 Å². The number of carbonyl (C=O) groups excluding carboxylic acids is 1. The van der Waals surface area contributed by atoms with Crippen LogP contribution in [-0.2, 0) is 18.9 Å². The van der Waals surface area contributed by atoms with Gasteiger partial charge in [-0.3, -0.25) is 9.78 Å². The lowest BCUT2D eigenvalue weighted by Gasteiger charge is -2.15. The van der Waals surface area contributed by atoms with E-state index in [0.717, 1.165) is 4.68 Å². The Morgan fingerprint density at radius 3 is 2.28 bits per heavy atom. The van der Waals surface area contributed by atoms with Crippen LogP contribution in [-0.4, -0.2) is 36.0 Å². The van der Waals surface area contributed by atoms with Crippen LogP contribution in [0.25, 0.3) is 22.6 Å². The van der Waals surface area contributed by atoms with Crippen LogP contribution >= 0.6 is 11.6 Å². The molecule has 3 aromatic heterocycles. The highest BCUT2D eigenvalue weighted by molar-refractivity contribution is 6.33. The van der Waals surface area contributed by atoms with Crippen molar-refractivity contribution in [2.75, 3.05) is 0 Å². The molecule has 0 amide bonds. The number of pyridine rings is 1. The number of aliphatic hydroxyl groups excluding tert-OH is 1. The van der Waals surface area contributed by atoms with Gasteiger partial charge in [-0.1, -0.05) is 34.1 Å². The number of ketones is 1. The van der Waals surface area contributed by atoms with Crippen LogP contribution in [0.2, 0.25) is 5.02 Å². The first kappa shape index (κ1) is 29.9. The average molecular weight is 622 g/mol. The molecule has 0 spiro atoms. The minimum Gasteiger partial charge on any atom is -0.387 e. The van der Waals surface area contributed by atoms with E-state index in [-0.39, 0.29) is 50.6 Å². The van der Waals surface area contributed by atoms with Crippen LogP contribution in [0, 0.1) is 0 Å². The predicted molar refractivity (Wildman–Crippen MR) is 140 cm³/mol. The standard InChI is InChI=1S/C28H18ClF6N5O3/c1-14(41)22-21(26(43-38-22)19-6-2-3-7-20(19)29)25(42)23-24(16-5-4-8-36-12-16)40(39-37-23)13-15-9-17(27(30,31)32)11-18(10-15)28(33,34)35/h2-12,14,41H,13H2,1H3. The Bertz CT molecular complexity index is 1770. The number of halogens is 7. The number of aliphatic hydroxyl groups is 1. The lowest BCUT2D eigenvalue weighted by molar-refractivity contribution is -0.143. The molecule has 2 aromatic carbocycles. The van der Waals surface area contributed by atoms with Crippen LogP contribution in [0.3, 0.4) is 0 Å². The van der Waals surface area contributed by atoms with Crippen molar-refractivity contribution in [3.63, 3.8) is 0 Å². The molecular weight excluding hydrogens is 604 g/mol. The quantitative estimate of drug-likeness (QED) is 0.154. The molecule has 5 rings (SSSR count). The third kappa shape index (κ3) is 6.01. The van der Waals surface area contributed by atoms with Gasteiger partial charge in [0.1, 0.15) is 11.4 Å². The topological polar surface area (TPSA) is 107 Å². The largest absolute Gasteiger partial charge is 0.416 e. The SMILES string of the molecule is CC(O)c1noc(-c2ccccc2Cl)c1C(=O)c1nnn(Cc2cc(C(F)(F)F)cc(C(F)(F)F)c2)c1-c1cccnc1. The molecule has 8 nitrogen and oxygen atoms in total. The zero-order valence-electron chi connectivity index (χ0n) is 21.8. The number of carbonyl (C=O) groups is 1. The van der Waals surface area contributed by atoms with E-state index in [9.17, 15) is 36.2 Å². The minimum atomic E-state index is -5.06. The van der Waals surface area contributed by atoms with E-state index in [1.54, 1.807) is 18.2 Å². The molecule has 0 saturated heterocycles. The van der Waals surface area contributed by atoms with Gasteiger partial charge in [-0.05, 0) is 55.0 Å². The lowest BCUT2D eigenvalue weighted by Crippen LogP contribution is -2.14. The fourth-order valence-electron chi connectivity index (χ4n) is 4.40. The third-order valence-electron chi connectivity index (χ3n) is 6.32. The molecule has 5 aromatic rings. The van der Waals surface area contributed by atoms with Crippen molar-refractivity contribution in [1.29, 1.82) is 0 Å². The van der Waals surface area contributed by atoms with Crippen LogP contribution < -0.4 is 0 Å². The highest BCUT2D eigenvalue weighted by Gasteiger charge is 2.37. The van der Waals surface area contributed by atoms with Crippen LogP contribution in [0.15, 0.2) is 71.5 Å². The second-order valence-corrected chi connectivity index (χ2v) is 9.76. The monoisotopic (exact) mass is 621 g/mol. The summed E-state index contributed by atoms with van der Waals surface area (Å²) in [6.07, 6.45) is -8.68. The second kappa shape index (κ2) is 11.3. The van der Waals surface area contributed by atoms with Crippen molar-refractivity contribution in [1.82, 2.24) is 25.1 Å². The predicted octanol–water partition coefficient (Wildman–Crippen LogP) is 7.02. The molecule has 1 N–H and O–H groups in total. The fourth-order valence-corrected chi connectivity index (χ4v) is 4.62. The van der Waals surface area contributed by atoms with Gasteiger partial charge in [0.05, 0.1) is 34.4 Å². The Labute approximate surface area is 243 Å². The van der Waals surface area contributed by atoms with E-state index < -0.39 is 47.5 Å². The van der Waals surface area contributed by atoms with E-state index in [1.807, 2.05) is 0 Å². The van der Waals surface area contributed by atoms with Gasteiger partial charge in [0.25, 0.3) is 0 Å². The second-order valence-electron chi connectivity index (χ2n) is 9.36. The number of hydrogen-bond acceptors (Lipinski definition) is 7. The molecular formula is C28H18ClF6N5O3. The number of aromatic nitrogens is 5. The van der Waals surface area contributed by atoms with Gasteiger partial charge in [0, 0.05) is 23.5 Å². The van der Waals surface area contributed by atoms with E-state index in [1.165, 1.54) is 37.5 Å². The number of nitrogens with zero attached hydrogens (tertiary/aromatic N) is 5. The number of hydrogen-bond donors (Lipinski definition) is 1. The smallest absolute Gasteiger partial charge is 0.387 e. The van der Waals surface area contributed by atoms with Crippen molar-refractivity contribution in [3.8, 4) is 22.6 Å². The summed E-state index contributed by atoms with van der Waals surface area (Å²) < 4.78 is 87.4. The molecule has 0 saturated carbocycles. The van der Waals surface area contributed by atoms with Gasteiger partial charge in [0.2, 0.25) is 5.78 Å². The summed E-state index contributed by atoms with van der Waals surface area (Å²) in [6.45, 7) is 0.720. The molecule has 15 heteroatoms. The summed E-state index contributed by atoms with van der Waals surface area (Å²) in [4.78, 5) is 18.1. The molecule has 222 valence electrons. The Hall–Kier alpha value is -4.56. The maximum absolute atomic E-state index is 14.1. The lowest BCUT2D eigenvalue weighted by atomic mass is 9.97. The molecule has 0 aliphatic carbocycles. The minimum absolute atomic E-state index is 0.0154. The first-order chi connectivity index (χ1) is 20.3. The van der Waals surface area contributed by atoms with Gasteiger partial charge < -0.3 is 9.63 Å². The van der Waals surface area contributed by atoms with E-state index in [4.69, 9.17) is 16.1 Å². The molecule has 0 aliphatic rings. The summed E-state index contributed by atoms with van der Waals surface area (Å²) in [7, 11) is 0. The molecule has 1 unspecified atom stereocenters. The van der Waals surface area contributed by atoms with E-state index in [0.29, 0.717) is 12.1 Å². The number of alkyl halides is 6. The molecule has 43 heavy (non-hydrogen) atoms. The first-order valence-electron chi connectivity index (χ1n) is 12.3. The van der Waals surface area contributed by atoms with Gasteiger partial charge in [0.15, 0.2) is 11.5 Å². The molecule has 0 fully saturated rings. The summed E-state index contributed by atoms with van der Waals surface area (Å²) in [6, 6.07) is 10.5. The number of rotatable bonds is 7. The highest BCUT2D eigenvalue weighted by atomic mass is 35.5. The van der Waals surface area contributed by atoms with Crippen molar-refractivity contribution in [2.24, 2.45) is 0 Å². The highest BCUT2D eigenvalue weighted by Crippen LogP contribution is 2.38. The summed E-state index contributed by atoms with van der Waals surface area (Å²) >= 11 is 6.32. The molecule has 3 heterocycles. The first-order valence-corrected chi connectivity index (χ1v) is 12.7. The Kier molecular flexibility index (Phi) is 7.84. The van der Waals surface area contributed by atoms with E-state index >= 15 is 0 Å². The Morgan fingerprint density at radius 2 is 1.70 bits per heavy atom. The molecule has 0 radical (unpaired) electrons. The Morgan fingerprint density at radius 1 is 1.02 bits per heavy atom. The molecule has 0 bridgehead atoms. The maximum Gasteiger partial charge on any atom is 0.416 e. The fraction of sp³-hybridized carbons (Fsp3) is 0.179.